The van der Waals surface area contributed by atoms with Crippen LogP contribution in [0, 0.1) is 0 Å². The number of carbonyl (C=O) groups is 2. The van der Waals surface area contributed by atoms with Crippen molar-refractivity contribution in [1.82, 2.24) is 15.3 Å². The molecule has 0 aliphatic heterocycles. The molecule has 1 atom stereocenters. The van der Waals surface area contributed by atoms with E-state index in [4.69, 9.17) is 16.3 Å². The molecule has 2 aromatic rings. The second-order valence-electron chi connectivity index (χ2n) is 5.58. The van der Waals surface area contributed by atoms with E-state index in [1.165, 1.54) is 18.0 Å². The lowest BCUT2D eigenvalue weighted by molar-refractivity contribution is -0.118. The smallest absolute Gasteiger partial charge is 0.272 e. The van der Waals surface area contributed by atoms with Crippen LogP contribution in [0.15, 0.2) is 35.6 Å². The van der Waals surface area contributed by atoms with Crippen LogP contribution < -0.4 is 15.4 Å². The summed E-state index contributed by atoms with van der Waals surface area (Å²) < 4.78 is 5.11. The van der Waals surface area contributed by atoms with Crippen LogP contribution in [0.1, 0.15) is 16.9 Å². The van der Waals surface area contributed by atoms with E-state index in [2.05, 4.69) is 20.6 Å². The van der Waals surface area contributed by atoms with Crippen molar-refractivity contribution in [2.24, 2.45) is 0 Å². The fourth-order valence-electron chi connectivity index (χ4n) is 2.24. The van der Waals surface area contributed by atoms with Gasteiger partial charge in [0.05, 0.1) is 18.3 Å². The number of benzene rings is 1. The Morgan fingerprint density at radius 3 is 2.57 bits per heavy atom. The maximum absolute atomic E-state index is 12.7. The van der Waals surface area contributed by atoms with E-state index in [1.54, 1.807) is 49.4 Å². The van der Waals surface area contributed by atoms with Crippen molar-refractivity contribution in [1.29, 1.82) is 0 Å². The number of anilines is 1. The molecule has 0 aliphatic rings. The van der Waals surface area contributed by atoms with Crippen molar-refractivity contribution >= 4 is 52.6 Å². The van der Waals surface area contributed by atoms with E-state index in [-0.39, 0.29) is 16.6 Å². The number of nitrogens with zero attached hydrogens (tertiary/aromatic N) is 2. The molecule has 2 N–H and O–H groups in total. The maximum Gasteiger partial charge on any atom is 0.272 e. The van der Waals surface area contributed by atoms with Crippen molar-refractivity contribution in [3.8, 4) is 5.75 Å². The summed E-state index contributed by atoms with van der Waals surface area (Å²) in [6.07, 6.45) is 5.58. The molecule has 1 aromatic carbocycles. The maximum atomic E-state index is 12.7. The molecule has 1 aromatic heterocycles. The number of amides is 2. The van der Waals surface area contributed by atoms with Crippen LogP contribution in [0.5, 0.6) is 5.75 Å². The van der Waals surface area contributed by atoms with Crippen molar-refractivity contribution in [2.45, 2.75) is 17.6 Å². The number of aromatic nitrogens is 2. The molecule has 2 amide bonds. The van der Waals surface area contributed by atoms with Crippen molar-refractivity contribution in [3.63, 3.8) is 0 Å². The highest BCUT2D eigenvalue weighted by molar-refractivity contribution is 7.98. The number of rotatable bonds is 9. The summed E-state index contributed by atoms with van der Waals surface area (Å²) >= 11 is 8.95. The van der Waals surface area contributed by atoms with E-state index < -0.39 is 11.9 Å². The number of ether oxygens (including phenoxy) is 1. The number of halogens is 1. The largest absolute Gasteiger partial charge is 0.497 e. The minimum absolute atomic E-state index is 0.0485. The Bertz CT molecular complexity index is 821. The van der Waals surface area contributed by atoms with Gasteiger partial charge in [-0.25, -0.2) is 9.97 Å². The molecular formula is C18H21ClN4O3S2. The van der Waals surface area contributed by atoms with Gasteiger partial charge in [-0.05, 0) is 49.0 Å². The molecule has 0 spiro atoms. The SMILES string of the molecule is COc1ccc(NC(=O)C(CCSC)NC(=O)c2nc(SC)ncc2Cl)cc1. The van der Waals surface area contributed by atoms with Crippen molar-refractivity contribution < 1.29 is 14.3 Å². The Morgan fingerprint density at radius 2 is 1.96 bits per heavy atom. The summed E-state index contributed by atoms with van der Waals surface area (Å²) in [6, 6.07) is 6.23. The summed E-state index contributed by atoms with van der Waals surface area (Å²) in [5.74, 6) is 0.559. The summed E-state index contributed by atoms with van der Waals surface area (Å²) in [5.41, 5.74) is 0.659. The van der Waals surface area contributed by atoms with Gasteiger partial charge < -0.3 is 15.4 Å². The third-order valence-electron chi connectivity index (χ3n) is 3.71. The molecule has 150 valence electrons. The number of thioether (sulfide) groups is 2. The number of hydrogen-bond donors (Lipinski definition) is 2. The number of nitrogens with one attached hydrogen (secondary N) is 2. The Hall–Kier alpha value is -1.97. The molecule has 0 saturated heterocycles. The van der Waals surface area contributed by atoms with Gasteiger partial charge in [0.2, 0.25) is 5.91 Å². The average molecular weight is 441 g/mol. The van der Waals surface area contributed by atoms with Crippen LogP contribution in [0.25, 0.3) is 0 Å². The Balaban J connectivity index is 2.13. The zero-order chi connectivity index (χ0) is 20.5. The molecule has 1 unspecified atom stereocenters. The highest BCUT2D eigenvalue weighted by atomic mass is 35.5. The van der Waals surface area contributed by atoms with Crippen LogP contribution in [0.3, 0.4) is 0 Å². The molecule has 0 bridgehead atoms. The molecule has 2 rings (SSSR count). The number of carbonyl (C=O) groups excluding carboxylic acids is 2. The molecule has 28 heavy (non-hydrogen) atoms. The van der Waals surface area contributed by atoms with Gasteiger partial charge in [0, 0.05) is 5.69 Å². The Kier molecular flexibility index (Phi) is 8.88. The normalized spacial score (nSPS) is 11.6. The predicted octanol–water partition coefficient (Wildman–Crippen LogP) is 3.35. The fraction of sp³-hybridized carbons (Fsp3) is 0.333. The van der Waals surface area contributed by atoms with E-state index in [1.807, 2.05) is 6.26 Å². The molecule has 0 aliphatic carbocycles. The summed E-state index contributed by atoms with van der Waals surface area (Å²) in [6.45, 7) is 0. The van der Waals surface area contributed by atoms with E-state index in [0.717, 1.165) is 0 Å². The first-order valence-electron chi connectivity index (χ1n) is 8.29. The van der Waals surface area contributed by atoms with Gasteiger partial charge in [-0.15, -0.1) is 0 Å². The predicted molar refractivity (Wildman–Crippen MR) is 115 cm³/mol. The second-order valence-corrected chi connectivity index (χ2v) is 7.74. The van der Waals surface area contributed by atoms with E-state index in [9.17, 15) is 9.59 Å². The average Bonchev–Trinajstić information content (AvgIpc) is 2.71. The van der Waals surface area contributed by atoms with E-state index in [0.29, 0.717) is 28.8 Å². The van der Waals surface area contributed by atoms with Gasteiger partial charge in [-0.1, -0.05) is 23.4 Å². The molecular weight excluding hydrogens is 420 g/mol. The van der Waals surface area contributed by atoms with E-state index >= 15 is 0 Å². The first-order valence-corrected chi connectivity index (χ1v) is 11.3. The summed E-state index contributed by atoms with van der Waals surface area (Å²) in [5, 5.41) is 6.10. The van der Waals surface area contributed by atoms with Crippen LogP contribution in [-0.4, -0.2) is 53.2 Å². The first-order chi connectivity index (χ1) is 13.5. The summed E-state index contributed by atoms with van der Waals surface area (Å²) in [4.78, 5) is 33.5. The lowest BCUT2D eigenvalue weighted by Gasteiger charge is -2.18. The fourth-order valence-corrected chi connectivity index (χ4v) is 3.23. The van der Waals surface area contributed by atoms with Gasteiger partial charge in [0.1, 0.15) is 11.8 Å². The molecule has 0 saturated carbocycles. The van der Waals surface area contributed by atoms with Crippen LogP contribution in [0.2, 0.25) is 5.02 Å². The van der Waals surface area contributed by atoms with Crippen LogP contribution in [-0.2, 0) is 4.79 Å². The first kappa shape index (κ1) is 22.3. The second kappa shape index (κ2) is 11.1. The van der Waals surface area contributed by atoms with Crippen LogP contribution >= 0.6 is 35.1 Å². The zero-order valence-electron chi connectivity index (χ0n) is 15.7. The third kappa shape index (κ3) is 6.29. The Labute approximate surface area is 177 Å². The quantitative estimate of drug-likeness (QED) is 0.456. The van der Waals surface area contributed by atoms with Crippen molar-refractivity contribution in [2.75, 3.05) is 30.7 Å². The molecule has 0 radical (unpaired) electrons. The minimum Gasteiger partial charge on any atom is -0.497 e. The monoisotopic (exact) mass is 440 g/mol. The topological polar surface area (TPSA) is 93.2 Å². The molecule has 7 nitrogen and oxygen atoms in total. The minimum atomic E-state index is -0.731. The lowest BCUT2D eigenvalue weighted by Crippen LogP contribution is -2.44. The molecule has 1 heterocycles. The van der Waals surface area contributed by atoms with Gasteiger partial charge in [-0.2, -0.15) is 11.8 Å². The van der Waals surface area contributed by atoms with Gasteiger partial charge in [-0.3, -0.25) is 9.59 Å². The zero-order valence-corrected chi connectivity index (χ0v) is 18.1. The van der Waals surface area contributed by atoms with Gasteiger partial charge in [0.15, 0.2) is 10.9 Å². The third-order valence-corrected chi connectivity index (χ3v) is 5.19. The molecule has 10 heteroatoms. The highest BCUT2D eigenvalue weighted by Crippen LogP contribution is 2.18. The Morgan fingerprint density at radius 1 is 1.25 bits per heavy atom. The lowest BCUT2D eigenvalue weighted by atomic mass is 10.2. The van der Waals surface area contributed by atoms with Crippen molar-refractivity contribution in [3.05, 3.63) is 41.2 Å². The number of hydrogen-bond acceptors (Lipinski definition) is 7. The van der Waals surface area contributed by atoms with Gasteiger partial charge in [0.25, 0.3) is 5.91 Å². The summed E-state index contributed by atoms with van der Waals surface area (Å²) in [7, 11) is 1.57. The highest BCUT2D eigenvalue weighted by Gasteiger charge is 2.23. The standard InChI is InChI=1S/C18H21ClN4O3S2/c1-26-12-6-4-11(5-7-12)21-16(24)14(8-9-27-2)22-17(25)15-13(19)10-20-18(23-15)28-3/h4-7,10,14H,8-9H2,1-3H3,(H,21,24)(H,22,25). The van der Waals surface area contributed by atoms with Crippen LogP contribution in [0.4, 0.5) is 5.69 Å². The molecule has 0 fully saturated rings. The van der Waals surface area contributed by atoms with Gasteiger partial charge >= 0.3 is 0 Å². The number of methoxy groups -OCH3 is 1.